The van der Waals surface area contributed by atoms with Crippen LogP contribution in [-0.2, 0) is 0 Å². The monoisotopic (exact) mass is 426 g/mol. The Morgan fingerprint density at radius 2 is 1.58 bits per heavy atom. The smallest absolute Gasteiger partial charge is 0.161 e. The first-order valence-electron chi connectivity index (χ1n) is 5.58. The molecule has 2 rings (SSSR count). The highest BCUT2D eigenvalue weighted by molar-refractivity contribution is 14.1. The molecule has 0 saturated heterocycles. The standard InChI is InChI=1S/C13H10Cl3IN2/c1-6(2)11-10(17)12(16)19-13(18-11)7-3-8(14)5-9(15)4-7/h3-6H,1-2H3. The fourth-order valence-corrected chi connectivity index (χ4v) is 3.20. The topological polar surface area (TPSA) is 25.8 Å². The summed E-state index contributed by atoms with van der Waals surface area (Å²) in [6.07, 6.45) is 0. The van der Waals surface area contributed by atoms with E-state index in [1.165, 1.54) is 0 Å². The number of benzene rings is 1. The number of rotatable bonds is 2. The third kappa shape index (κ3) is 3.51. The quantitative estimate of drug-likeness (QED) is 0.445. The summed E-state index contributed by atoms with van der Waals surface area (Å²) in [5.41, 5.74) is 1.68. The van der Waals surface area contributed by atoms with Crippen molar-refractivity contribution in [2.75, 3.05) is 0 Å². The van der Waals surface area contributed by atoms with Gasteiger partial charge in [-0.15, -0.1) is 0 Å². The van der Waals surface area contributed by atoms with Gasteiger partial charge in [0.1, 0.15) is 5.15 Å². The maximum atomic E-state index is 6.17. The average molecular weight is 428 g/mol. The first kappa shape index (κ1) is 15.3. The second-order valence-corrected chi connectivity index (χ2v) is 6.66. The summed E-state index contributed by atoms with van der Waals surface area (Å²) in [6.45, 7) is 4.13. The Hall–Kier alpha value is -0.100. The Labute approximate surface area is 140 Å². The molecule has 0 unspecified atom stereocenters. The number of nitrogens with zero attached hydrogens (tertiary/aromatic N) is 2. The zero-order valence-corrected chi connectivity index (χ0v) is 14.6. The second-order valence-electron chi connectivity index (χ2n) is 4.35. The lowest BCUT2D eigenvalue weighted by Gasteiger charge is -2.11. The van der Waals surface area contributed by atoms with Crippen LogP contribution in [0.4, 0.5) is 0 Å². The predicted molar refractivity (Wildman–Crippen MR) is 89.3 cm³/mol. The predicted octanol–water partition coefficient (Wildman–Crippen LogP) is 5.83. The minimum atomic E-state index is 0.265. The number of hydrogen-bond donors (Lipinski definition) is 0. The van der Waals surface area contributed by atoms with Crippen molar-refractivity contribution >= 4 is 57.4 Å². The molecular weight excluding hydrogens is 417 g/mol. The molecule has 0 atom stereocenters. The minimum Gasteiger partial charge on any atom is -0.232 e. The molecule has 0 radical (unpaired) electrons. The summed E-state index contributed by atoms with van der Waals surface area (Å²) in [4.78, 5) is 8.86. The summed E-state index contributed by atoms with van der Waals surface area (Å²) < 4.78 is 0.881. The van der Waals surface area contributed by atoms with E-state index in [1.54, 1.807) is 18.2 Å². The molecule has 2 nitrogen and oxygen atoms in total. The summed E-state index contributed by atoms with van der Waals surface area (Å²) >= 11 is 20.3. The zero-order chi connectivity index (χ0) is 14.2. The summed E-state index contributed by atoms with van der Waals surface area (Å²) in [7, 11) is 0. The van der Waals surface area contributed by atoms with E-state index in [0.29, 0.717) is 21.0 Å². The highest BCUT2D eigenvalue weighted by Crippen LogP contribution is 2.30. The molecule has 1 aromatic heterocycles. The van der Waals surface area contributed by atoms with Gasteiger partial charge in [-0.05, 0) is 46.7 Å². The van der Waals surface area contributed by atoms with E-state index in [9.17, 15) is 0 Å². The van der Waals surface area contributed by atoms with Crippen LogP contribution in [0.25, 0.3) is 11.4 Å². The lowest BCUT2D eigenvalue weighted by molar-refractivity contribution is 0.808. The van der Waals surface area contributed by atoms with Crippen LogP contribution in [0.2, 0.25) is 15.2 Å². The van der Waals surface area contributed by atoms with Crippen LogP contribution in [0, 0.1) is 3.57 Å². The second kappa shape index (κ2) is 6.12. The third-order valence-electron chi connectivity index (χ3n) is 2.50. The molecule has 100 valence electrons. The molecule has 1 heterocycles. The van der Waals surface area contributed by atoms with E-state index < -0.39 is 0 Å². The van der Waals surface area contributed by atoms with Gasteiger partial charge in [0.05, 0.1) is 9.26 Å². The molecule has 0 bridgehead atoms. The number of hydrogen-bond acceptors (Lipinski definition) is 2. The van der Waals surface area contributed by atoms with Crippen LogP contribution in [0.5, 0.6) is 0 Å². The van der Waals surface area contributed by atoms with Crippen molar-refractivity contribution in [2.45, 2.75) is 19.8 Å². The average Bonchev–Trinajstić information content (AvgIpc) is 2.30. The molecule has 0 aliphatic rings. The van der Waals surface area contributed by atoms with Gasteiger partial charge in [0.25, 0.3) is 0 Å². The van der Waals surface area contributed by atoms with Gasteiger partial charge in [-0.25, -0.2) is 9.97 Å². The van der Waals surface area contributed by atoms with Crippen molar-refractivity contribution in [2.24, 2.45) is 0 Å². The van der Waals surface area contributed by atoms with Gasteiger partial charge < -0.3 is 0 Å². The van der Waals surface area contributed by atoms with Crippen LogP contribution in [0.3, 0.4) is 0 Å². The molecule has 2 aromatic rings. The lowest BCUT2D eigenvalue weighted by Crippen LogP contribution is -2.02. The molecule has 6 heteroatoms. The molecule has 1 aromatic carbocycles. The number of aromatic nitrogens is 2. The maximum absolute atomic E-state index is 6.17. The number of halogens is 4. The normalized spacial score (nSPS) is 11.1. The van der Waals surface area contributed by atoms with E-state index in [1.807, 2.05) is 0 Å². The fourth-order valence-electron chi connectivity index (χ4n) is 1.63. The Balaban J connectivity index is 2.62. The molecule has 0 amide bonds. The van der Waals surface area contributed by atoms with E-state index in [4.69, 9.17) is 34.8 Å². The fraction of sp³-hybridized carbons (Fsp3) is 0.231. The largest absolute Gasteiger partial charge is 0.232 e. The van der Waals surface area contributed by atoms with E-state index >= 15 is 0 Å². The summed E-state index contributed by atoms with van der Waals surface area (Å²) in [5, 5.41) is 1.55. The molecule has 0 aliphatic carbocycles. The van der Waals surface area contributed by atoms with E-state index in [2.05, 4.69) is 46.4 Å². The molecule has 0 N–H and O–H groups in total. The highest BCUT2D eigenvalue weighted by atomic mass is 127. The van der Waals surface area contributed by atoms with Crippen LogP contribution in [0.1, 0.15) is 25.5 Å². The van der Waals surface area contributed by atoms with Crippen molar-refractivity contribution in [3.05, 3.63) is 42.7 Å². The van der Waals surface area contributed by atoms with E-state index in [-0.39, 0.29) is 5.92 Å². The first-order chi connectivity index (χ1) is 8.88. The molecule has 0 aliphatic heterocycles. The van der Waals surface area contributed by atoms with Crippen molar-refractivity contribution in [1.82, 2.24) is 9.97 Å². The third-order valence-corrected chi connectivity index (χ3v) is 4.60. The van der Waals surface area contributed by atoms with Crippen molar-refractivity contribution in [3.63, 3.8) is 0 Å². The Morgan fingerprint density at radius 3 is 2.11 bits per heavy atom. The van der Waals surface area contributed by atoms with E-state index in [0.717, 1.165) is 14.8 Å². The van der Waals surface area contributed by atoms with Crippen LogP contribution in [-0.4, -0.2) is 9.97 Å². The highest BCUT2D eigenvalue weighted by Gasteiger charge is 2.15. The van der Waals surface area contributed by atoms with Gasteiger partial charge >= 0.3 is 0 Å². The SMILES string of the molecule is CC(C)c1nc(-c2cc(Cl)cc(Cl)c2)nc(Cl)c1I. The van der Waals surface area contributed by atoms with Gasteiger partial charge in [-0.2, -0.15) is 0 Å². The van der Waals surface area contributed by atoms with Crippen molar-refractivity contribution in [3.8, 4) is 11.4 Å². The lowest BCUT2D eigenvalue weighted by atomic mass is 10.1. The summed E-state index contributed by atoms with van der Waals surface area (Å²) in [5.74, 6) is 0.805. The molecule has 0 spiro atoms. The van der Waals surface area contributed by atoms with Gasteiger partial charge in [-0.1, -0.05) is 48.7 Å². The van der Waals surface area contributed by atoms with Crippen LogP contribution >= 0.6 is 57.4 Å². The van der Waals surface area contributed by atoms with Gasteiger partial charge in [0, 0.05) is 15.6 Å². The van der Waals surface area contributed by atoms with Crippen molar-refractivity contribution in [1.29, 1.82) is 0 Å². The first-order valence-corrected chi connectivity index (χ1v) is 7.79. The minimum absolute atomic E-state index is 0.265. The maximum Gasteiger partial charge on any atom is 0.161 e. The van der Waals surface area contributed by atoms with Crippen molar-refractivity contribution < 1.29 is 0 Å². The summed E-state index contributed by atoms with van der Waals surface area (Å²) in [6, 6.07) is 5.22. The Bertz CT molecular complexity index is 609. The van der Waals surface area contributed by atoms with Gasteiger partial charge in [0.15, 0.2) is 5.82 Å². The van der Waals surface area contributed by atoms with Gasteiger partial charge in [0.2, 0.25) is 0 Å². The Morgan fingerprint density at radius 1 is 1.00 bits per heavy atom. The van der Waals surface area contributed by atoms with Gasteiger partial charge in [-0.3, -0.25) is 0 Å². The molecule has 19 heavy (non-hydrogen) atoms. The zero-order valence-electron chi connectivity index (χ0n) is 10.2. The molecule has 0 fully saturated rings. The Kier molecular flexibility index (Phi) is 4.93. The van der Waals surface area contributed by atoms with Crippen LogP contribution in [0.15, 0.2) is 18.2 Å². The molecule has 0 saturated carbocycles. The van der Waals surface area contributed by atoms with Crippen LogP contribution < -0.4 is 0 Å². The molecular formula is C13H10Cl3IN2.